The Kier molecular flexibility index (Phi) is 6.07. The van der Waals surface area contributed by atoms with E-state index in [1.54, 1.807) is 7.11 Å². The van der Waals surface area contributed by atoms with Crippen molar-refractivity contribution in [1.29, 1.82) is 0 Å². The van der Waals surface area contributed by atoms with Crippen LogP contribution < -0.4 is 4.74 Å². The molecule has 1 aliphatic rings. The lowest BCUT2D eigenvalue weighted by Crippen LogP contribution is -2.38. The van der Waals surface area contributed by atoms with E-state index in [4.69, 9.17) is 9.47 Å². The molecule has 0 spiro atoms. The molecule has 0 saturated heterocycles. The normalized spacial score (nSPS) is 18.7. The molecule has 0 aromatic heterocycles. The van der Waals surface area contributed by atoms with Crippen LogP contribution in [0.5, 0.6) is 5.75 Å². The van der Waals surface area contributed by atoms with Crippen LogP contribution in [0.25, 0.3) is 5.70 Å². The molecule has 1 aliphatic heterocycles. The highest BCUT2D eigenvalue weighted by Gasteiger charge is 2.28. The molecule has 1 aromatic rings. The largest absolute Gasteiger partial charge is 0.468 e. The van der Waals surface area contributed by atoms with Gasteiger partial charge in [0.2, 0.25) is 5.91 Å². The van der Waals surface area contributed by atoms with Crippen molar-refractivity contribution in [3.63, 3.8) is 0 Å². The predicted octanol–water partition coefficient (Wildman–Crippen LogP) is 3.83. The second-order valence-corrected chi connectivity index (χ2v) is 6.93. The van der Waals surface area contributed by atoms with Crippen LogP contribution in [-0.2, 0) is 9.53 Å². The number of amides is 1. The molecular formula is C15H17BrINO3. The van der Waals surface area contributed by atoms with Crippen molar-refractivity contribution in [2.24, 2.45) is 0 Å². The van der Waals surface area contributed by atoms with Gasteiger partial charge in [-0.2, -0.15) is 0 Å². The van der Waals surface area contributed by atoms with Gasteiger partial charge in [-0.1, -0.05) is 28.7 Å². The fraction of sp³-hybridized carbons (Fsp3) is 0.400. The lowest BCUT2D eigenvalue weighted by Gasteiger charge is -2.31. The molecule has 0 saturated carbocycles. The fourth-order valence-electron chi connectivity index (χ4n) is 2.22. The van der Waals surface area contributed by atoms with Crippen molar-refractivity contribution in [3.8, 4) is 5.75 Å². The lowest BCUT2D eigenvalue weighted by molar-refractivity contribution is -0.127. The number of methoxy groups -OCH3 is 1. The Morgan fingerprint density at radius 1 is 1.48 bits per heavy atom. The van der Waals surface area contributed by atoms with Crippen molar-refractivity contribution in [1.82, 2.24) is 4.90 Å². The Morgan fingerprint density at radius 3 is 2.86 bits per heavy atom. The summed E-state index contributed by atoms with van der Waals surface area (Å²) < 4.78 is 11.2. The van der Waals surface area contributed by atoms with Crippen molar-refractivity contribution in [3.05, 3.63) is 34.3 Å². The number of halogens is 2. The number of carbonyl (C=O) groups is 1. The molecule has 6 heteroatoms. The van der Waals surface area contributed by atoms with Crippen LogP contribution in [0.4, 0.5) is 0 Å². The minimum absolute atomic E-state index is 0.0226. The van der Waals surface area contributed by atoms with Gasteiger partial charge in [0.25, 0.3) is 0 Å². The molecular weight excluding hydrogens is 449 g/mol. The van der Waals surface area contributed by atoms with E-state index in [1.807, 2.05) is 30.0 Å². The first-order valence-corrected chi connectivity index (χ1v) is 8.69. The average Bonchev–Trinajstić information content (AvgIpc) is 2.48. The molecule has 4 nitrogen and oxygen atoms in total. The maximum absolute atomic E-state index is 12.3. The third-order valence-corrected chi connectivity index (χ3v) is 4.92. The van der Waals surface area contributed by atoms with E-state index >= 15 is 0 Å². The number of rotatable bonds is 5. The summed E-state index contributed by atoms with van der Waals surface area (Å²) in [5, 5.41) is 0. The average molecular weight is 466 g/mol. The van der Waals surface area contributed by atoms with Gasteiger partial charge >= 0.3 is 0 Å². The summed E-state index contributed by atoms with van der Waals surface area (Å²) >= 11 is 5.76. The molecule has 114 valence electrons. The predicted molar refractivity (Wildman–Crippen MR) is 94.4 cm³/mol. The van der Waals surface area contributed by atoms with E-state index in [9.17, 15) is 4.79 Å². The molecule has 2 rings (SSSR count). The monoisotopic (exact) mass is 465 g/mol. The molecule has 0 fully saturated rings. The highest BCUT2D eigenvalue weighted by Crippen LogP contribution is 2.34. The van der Waals surface area contributed by atoms with E-state index in [0.717, 1.165) is 27.9 Å². The van der Waals surface area contributed by atoms with Gasteiger partial charge in [0, 0.05) is 29.4 Å². The Morgan fingerprint density at radius 2 is 2.24 bits per heavy atom. The van der Waals surface area contributed by atoms with Gasteiger partial charge in [-0.25, -0.2) is 0 Å². The number of alkyl halides is 1. The van der Waals surface area contributed by atoms with E-state index in [0.29, 0.717) is 6.54 Å². The third-order valence-electron chi connectivity index (χ3n) is 3.22. The first-order chi connectivity index (χ1) is 10.1. The maximum atomic E-state index is 12.3. The molecule has 0 bridgehead atoms. The van der Waals surface area contributed by atoms with Crippen molar-refractivity contribution in [2.45, 2.75) is 17.3 Å². The maximum Gasteiger partial charge on any atom is 0.240 e. The Hall–Kier alpha value is -0.600. The number of carbonyl (C=O) groups excluding carboxylic acids is 1. The fourth-order valence-corrected chi connectivity index (χ4v) is 3.37. The van der Waals surface area contributed by atoms with Gasteiger partial charge in [-0.3, -0.25) is 4.79 Å². The van der Waals surface area contributed by atoms with E-state index in [1.165, 1.54) is 0 Å². The van der Waals surface area contributed by atoms with E-state index in [2.05, 4.69) is 44.6 Å². The molecule has 0 aliphatic carbocycles. The van der Waals surface area contributed by atoms with Crippen LogP contribution in [0.3, 0.4) is 0 Å². The quantitative estimate of drug-likeness (QED) is 0.377. The van der Waals surface area contributed by atoms with Crippen LogP contribution in [-0.4, -0.2) is 35.2 Å². The van der Waals surface area contributed by atoms with Gasteiger partial charge in [0.1, 0.15) is 5.75 Å². The summed E-state index contributed by atoms with van der Waals surface area (Å²) in [6, 6.07) is 5.74. The summed E-state index contributed by atoms with van der Waals surface area (Å²) in [5.41, 5.74) is 1.96. The van der Waals surface area contributed by atoms with Gasteiger partial charge in [-0.05, 0) is 47.5 Å². The van der Waals surface area contributed by atoms with Crippen LogP contribution >= 0.6 is 38.5 Å². The molecule has 1 unspecified atom stereocenters. The van der Waals surface area contributed by atoms with Crippen molar-refractivity contribution in [2.75, 3.05) is 20.4 Å². The number of hydrogen-bond donors (Lipinski definition) is 0. The summed E-state index contributed by atoms with van der Waals surface area (Å²) in [6.07, 6.45) is 2.89. The summed E-state index contributed by atoms with van der Waals surface area (Å²) in [6.45, 7) is 2.87. The lowest BCUT2D eigenvalue weighted by atomic mass is 10.0. The van der Waals surface area contributed by atoms with Gasteiger partial charge < -0.3 is 14.4 Å². The van der Waals surface area contributed by atoms with Crippen molar-refractivity contribution >= 4 is 50.1 Å². The number of allylic oxidation sites excluding steroid dienone is 1. The van der Waals surface area contributed by atoms with Gasteiger partial charge in [-0.15, -0.1) is 0 Å². The zero-order chi connectivity index (χ0) is 15.4. The second-order valence-electron chi connectivity index (χ2n) is 4.57. The van der Waals surface area contributed by atoms with Crippen LogP contribution in [0.2, 0.25) is 0 Å². The van der Waals surface area contributed by atoms with Gasteiger partial charge in [0.05, 0.1) is 3.92 Å². The van der Waals surface area contributed by atoms with Crippen LogP contribution in [0.1, 0.15) is 18.9 Å². The number of hydrogen-bond acceptors (Lipinski definition) is 3. The van der Waals surface area contributed by atoms with Crippen molar-refractivity contribution < 1.29 is 14.3 Å². The molecule has 1 atom stereocenters. The highest BCUT2D eigenvalue weighted by atomic mass is 127. The van der Waals surface area contributed by atoms with E-state index in [-0.39, 0.29) is 16.6 Å². The number of benzene rings is 1. The Balaban J connectivity index is 2.30. The zero-order valence-corrected chi connectivity index (χ0v) is 15.7. The Labute approximate surface area is 146 Å². The topological polar surface area (TPSA) is 38.8 Å². The molecule has 1 amide bonds. The molecule has 1 aromatic carbocycles. The Bertz CT molecular complexity index is 562. The molecule has 0 radical (unpaired) electrons. The molecule has 1 heterocycles. The van der Waals surface area contributed by atoms with E-state index < -0.39 is 0 Å². The van der Waals surface area contributed by atoms with Crippen LogP contribution in [0, 0.1) is 0 Å². The standard InChI is InChI=1S/C15H17BrINO3/c1-3-18-14(7-6-13(17)15(18)19)11-5-4-10(8-12(11)16)21-9-20-2/h4-5,7-8,13H,3,6,9H2,1-2H3. The number of nitrogens with zero attached hydrogens (tertiary/aromatic N) is 1. The first-order valence-electron chi connectivity index (χ1n) is 6.65. The van der Waals surface area contributed by atoms with Gasteiger partial charge in [0.15, 0.2) is 6.79 Å². The zero-order valence-electron chi connectivity index (χ0n) is 11.9. The number of ether oxygens (including phenoxy) is 2. The second kappa shape index (κ2) is 7.60. The molecule has 0 N–H and O–H groups in total. The van der Waals surface area contributed by atoms with Crippen LogP contribution in [0.15, 0.2) is 28.7 Å². The summed E-state index contributed by atoms with van der Waals surface area (Å²) in [7, 11) is 1.58. The smallest absolute Gasteiger partial charge is 0.240 e. The third kappa shape index (κ3) is 3.78. The molecule has 21 heavy (non-hydrogen) atoms. The first kappa shape index (κ1) is 16.8. The minimum Gasteiger partial charge on any atom is -0.468 e. The minimum atomic E-state index is 0.0226. The summed E-state index contributed by atoms with van der Waals surface area (Å²) in [5.74, 6) is 0.896. The highest BCUT2D eigenvalue weighted by molar-refractivity contribution is 14.1. The summed E-state index contributed by atoms with van der Waals surface area (Å²) in [4.78, 5) is 14.1. The SMILES string of the molecule is CCN1C(=O)C(I)CC=C1c1ccc(OCOC)cc1Br.